The lowest BCUT2D eigenvalue weighted by Gasteiger charge is -2.00. The fourth-order valence-electron chi connectivity index (χ4n) is 0.809. The number of rotatable bonds is 1. The molecule has 0 saturated carbocycles. The van der Waals surface area contributed by atoms with Gasteiger partial charge in [-0.1, -0.05) is 22.0 Å². The Morgan fingerprint density at radius 3 is 2.70 bits per heavy atom. The predicted octanol–water partition coefficient (Wildman–Crippen LogP) is 3.49. The number of aryl methyl sites for hydroxylation is 1. The predicted molar refractivity (Wildman–Crippen MR) is 56.5 cm³/mol. The average Bonchev–Trinajstić information content (AvgIpc) is 1.88. The molecule has 0 heterocycles. The molecule has 0 radical (unpaired) electrons. The first-order chi connectivity index (χ1) is 4.74. The maximum atomic E-state index is 3.43. The second-order valence-electron chi connectivity index (χ2n) is 2.20. The van der Waals surface area contributed by atoms with Crippen LogP contribution in [0.15, 0.2) is 18.2 Å². The molecule has 1 aromatic rings. The van der Waals surface area contributed by atoms with Crippen molar-refractivity contribution in [2.24, 2.45) is 0 Å². The van der Waals surface area contributed by atoms with Gasteiger partial charge in [-0.25, -0.2) is 0 Å². The van der Waals surface area contributed by atoms with Crippen LogP contribution < -0.4 is 0 Å². The lowest BCUT2D eigenvalue weighted by Crippen LogP contribution is -1.83. The first-order valence-corrected chi connectivity index (χ1v) is 5.25. The third-order valence-electron chi connectivity index (χ3n) is 1.45. The van der Waals surface area contributed by atoms with Crippen molar-refractivity contribution in [1.29, 1.82) is 0 Å². The van der Waals surface area contributed by atoms with E-state index in [1.54, 1.807) is 0 Å². The van der Waals surface area contributed by atoms with Crippen molar-refractivity contribution in [1.82, 2.24) is 0 Å². The van der Waals surface area contributed by atoms with E-state index < -0.39 is 0 Å². The highest BCUT2D eigenvalue weighted by Gasteiger charge is 1.94. The molecular formula is C8H8BrI. The highest BCUT2D eigenvalue weighted by Crippen LogP contribution is 2.14. The van der Waals surface area contributed by atoms with Crippen LogP contribution in [0.2, 0.25) is 0 Å². The molecule has 2 heteroatoms. The van der Waals surface area contributed by atoms with Crippen LogP contribution in [0.4, 0.5) is 0 Å². The Morgan fingerprint density at radius 2 is 2.20 bits per heavy atom. The molecular weight excluding hydrogens is 303 g/mol. The summed E-state index contributed by atoms with van der Waals surface area (Å²) in [6.45, 7) is 2.14. The summed E-state index contributed by atoms with van der Waals surface area (Å²) in [5.74, 6) is 0. The second kappa shape index (κ2) is 3.72. The lowest BCUT2D eigenvalue weighted by atomic mass is 10.1. The van der Waals surface area contributed by atoms with Crippen LogP contribution in [0.25, 0.3) is 0 Å². The molecule has 0 atom stereocenters. The van der Waals surface area contributed by atoms with Crippen molar-refractivity contribution in [2.45, 2.75) is 12.3 Å². The number of alkyl halides is 1. The molecule has 0 aromatic heterocycles. The second-order valence-corrected chi connectivity index (χ2v) is 4.01. The van der Waals surface area contributed by atoms with Gasteiger partial charge in [-0.15, -0.1) is 0 Å². The first kappa shape index (κ1) is 8.53. The van der Waals surface area contributed by atoms with E-state index >= 15 is 0 Å². The van der Waals surface area contributed by atoms with Crippen LogP contribution in [-0.2, 0) is 5.33 Å². The molecule has 0 N–H and O–H groups in total. The van der Waals surface area contributed by atoms with Crippen LogP contribution >= 0.6 is 38.5 Å². The smallest absolute Gasteiger partial charge is 0.0285 e. The van der Waals surface area contributed by atoms with E-state index in [0.717, 1.165) is 5.33 Å². The largest absolute Gasteiger partial charge is 0.0876 e. The van der Waals surface area contributed by atoms with Gasteiger partial charge in [0.05, 0.1) is 0 Å². The summed E-state index contributed by atoms with van der Waals surface area (Å²) in [6, 6.07) is 6.48. The van der Waals surface area contributed by atoms with Crippen molar-refractivity contribution in [3.05, 3.63) is 32.9 Å². The number of hydrogen-bond acceptors (Lipinski definition) is 0. The number of halogens is 2. The van der Waals surface area contributed by atoms with Gasteiger partial charge in [0.15, 0.2) is 0 Å². The number of hydrogen-bond donors (Lipinski definition) is 0. The zero-order chi connectivity index (χ0) is 7.56. The van der Waals surface area contributed by atoms with Crippen LogP contribution in [0.3, 0.4) is 0 Å². The standard InChI is InChI=1S/C8H8BrI/c1-6-4-8(10)3-2-7(6)5-9/h2-4H,5H2,1H3. The molecule has 0 fully saturated rings. The van der Waals surface area contributed by atoms with Crippen LogP contribution in [0, 0.1) is 10.5 Å². The van der Waals surface area contributed by atoms with E-state index in [-0.39, 0.29) is 0 Å². The normalized spacial score (nSPS) is 9.90. The van der Waals surface area contributed by atoms with Crippen molar-refractivity contribution >= 4 is 38.5 Å². The molecule has 0 spiro atoms. The minimum Gasteiger partial charge on any atom is -0.0876 e. The molecule has 0 aliphatic heterocycles. The summed E-state index contributed by atoms with van der Waals surface area (Å²) in [4.78, 5) is 0. The molecule has 0 nitrogen and oxygen atoms in total. The molecule has 0 aliphatic carbocycles. The Kier molecular flexibility index (Phi) is 3.17. The van der Waals surface area contributed by atoms with Crippen molar-refractivity contribution in [3.8, 4) is 0 Å². The highest BCUT2D eigenvalue weighted by molar-refractivity contribution is 14.1. The van der Waals surface area contributed by atoms with Gasteiger partial charge in [-0.2, -0.15) is 0 Å². The Labute approximate surface area is 83.3 Å². The minimum atomic E-state index is 0.954. The molecule has 1 aromatic carbocycles. The van der Waals surface area contributed by atoms with E-state index in [1.165, 1.54) is 14.7 Å². The summed E-state index contributed by atoms with van der Waals surface area (Å²) >= 11 is 5.75. The molecule has 54 valence electrons. The molecule has 0 amide bonds. The SMILES string of the molecule is Cc1cc(I)ccc1CBr. The van der Waals surface area contributed by atoms with Crippen LogP contribution in [0.1, 0.15) is 11.1 Å². The Hall–Kier alpha value is 0.430. The van der Waals surface area contributed by atoms with Gasteiger partial charge in [-0.05, 0) is 52.8 Å². The van der Waals surface area contributed by atoms with Gasteiger partial charge in [0.25, 0.3) is 0 Å². The zero-order valence-corrected chi connectivity index (χ0v) is 9.44. The van der Waals surface area contributed by atoms with Gasteiger partial charge in [0, 0.05) is 8.90 Å². The fraction of sp³-hybridized carbons (Fsp3) is 0.250. The van der Waals surface area contributed by atoms with Crippen LogP contribution in [-0.4, -0.2) is 0 Å². The quantitative estimate of drug-likeness (QED) is 0.550. The third kappa shape index (κ3) is 1.95. The van der Waals surface area contributed by atoms with Gasteiger partial charge in [0.1, 0.15) is 0 Å². The highest BCUT2D eigenvalue weighted by atomic mass is 127. The summed E-state index contributed by atoms with van der Waals surface area (Å²) in [5, 5.41) is 0.954. The molecule has 0 bridgehead atoms. The lowest BCUT2D eigenvalue weighted by molar-refractivity contribution is 1.31. The van der Waals surface area contributed by atoms with E-state index in [1.807, 2.05) is 0 Å². The summed E-state index contributed by atoms with van der Waals surface area (Å²) in [6.07, 6.45) is 0. The molecule has 1 rings (SSSR count). The van der Waals surface area contributed by atoms with Gasteiger partial charge < -0.3 is 0 Å². The third-order valence-corrected chi connectivity index (χ3v) is 2.72. The van der Waals surface area contributed by atoms with E-state index in [9.17, 15) is 0 Å². The molecule has 0 saturated heterocycles. The van der Waals surface area contributed by atoms with E-state index in [2.05, 4.69) is 63.6 Å². The maximum Gasteiger partial charge on any atom is 0.0285 e. The van der Waals surface area contributed by atoms with E-state index in [0.29, 0.717) is 0 Å². The summed E-state index contributed by atoms with van der Waals surface area (Å²) < 4.78 is 1.31. The first-order valence-electron chi connectivity index (χ1n) is 3.05. The Morgan fingerprint density at radius 1 is 1.50 bits per heavy atom. The van der Waals surface area contributed by atoms with Gasteiger partial charge in [0.2, 0.25) is 0 Å². The van der Waals surface area contributed by atoms with Crippen molar-refractivity contribution in [3.63, 3.8) is 0 Å². The number of benzene rings is 1. The molecule has 10 heavy (non-hydrogen) atoms. The molecule has 0 aliphatic rings. The summed E-state index contributed by atoms with van der Waals surface area (Å²) in [5.41, 5.74) is 2.74. The van der Waals surface area contributed by atoms with E-state index in [4.69, 9.17) is 0 Å². The fourth-order valence-corrected chi connectivity index (χ4v) is 2.09. The topological polar surface area (TPSA) is 0 Å². The monoisotopic (exact) mass is 310 g/mol. The Bertz CT molecular complexity index is 233. The van der Waals surface area contributed by atoms with Gasteiger partial charge in [-0.3, -0.25) is 0 Å². The minimum absolute atomic E-state index is 0.954. The summed E-state index contributed by atoms with van der Waals surface area (Å²) in [7, 11) is 0. The Balaban J connectivity index is 3.07. The zero-order valence-electron chi connectivity index (χ0n) is 5.70. The average molecular weight is 311 g/mol. The van der Waals surface area contributed by atoms with Crippen molar-refractivity contribution < 1.29 is 0 Å². The van der Waals surface area contributed by atoms with Crippen molar-refractivity contribution in [2.75, 3.05) is 0 Å². The van der Waals surface area contributed by atoms with Gasteiger partial charge >= 0.3 is 0 Å². The van der Waals surface area contributed by atoms with Crippen LogP contribution in [0.5, 0.6) is 0 Å². The maximum absolute atomic E-state index is 3.43. The molecule has 0 unspecified atom stereocenters.